The highest BCUT2D eigenvalue weighted by Crippen LogP contribution is 2.20. The van der Waals surface area contributed by atoms with Crippen LogP contribution in [0.5, 0.6) is 0 Å². The third-order valence-corrected chi connectivity index (χ3v) is 4.64. The standard InChI is InChI=1S/C14H13ClFNO3S/c15-11-7-5-10(6-8-11)13(9-18)17-21(19,20)14-4-2-1-3-12(14)16/h1-8,13,17-18H,9H2. The fourth-order valence-corrected chi connectivity index (χ4v) is 3.24. The van der Waals surface area contributed by atoms with Crippen LogP contribution in [0.1, 0.15) is 11.6 Å². The molecule has 0 radical (unpaired) electrons. The molecule has 0 aliphatic rings. The highest BCUT2D eigenvalue weighted by Gasteiger charge is 2.23. The molecule has 112 valence electrons. The van der Waals surface area contributed by atoms with E-state index in [4.69, 9.17) is 11.6 Å². The summed E-state index contributed by atoms with van der Waals surface area (Å²) in [6.45, 7) is -0.463. The first-order valence-electron chi connectivity index (χ1n) is 6.07. The zero-order valence-corrected chi connectivity index (χ0v) is 12.4. The second-order valence-electron chi connectivity index (χ2n) is 4.34. The maximum absolute atomic E-state index is 13.6. The summed E-state index contributed by atoms with van der Waals surface area (Å²) in [5.74, 6) is -0.849. The van der Waals surface area contributed by atoms with Crippen LogP contribution in [-0.4, -0.2) is 20.1 Å². The Hall–Kier alpha value is -1.47. The summed E-state index contributed by atoms with van der Waals surface area (Å²) in [5.41, 5.74) is 0.529. The summed E-state index contributed by atoms with van der Waals surface area (Å²) in [7, 11) is -4.08. The van der Waals surface area contributed by atoms with E-state index in [9.17, 15) is 17.9 Å². The van der Waals surface area contributed by atoms with Gasteiger partial charge < -0.3 is 5.11 Å². The first kappa shape index (κ1) is 15.9. The summed E-state index contributed by atoms with van der Waals surface area (Å²) in [5, 5.41) is 9.87. The van der Waals surface area contributed by atoms with Crippen LogP contribution in [0.3, 0.4) is 0 Å². The van der Waals surface area contributed by atoms with Gasteiger partial charge in [-0.1, -0.05) is 35.9 Å². The average molecular weight is 330 g/mol. The summed E-state index contributed by atoms with van der Waals surface area (Å²) in [4.78, 5) is -0.461. The van der Waals surface area contributed by atoms with Gasteiger partial charge in [-0.15, -0.1) is 0 Å². The molecule has 0 heterocycles. The van der Waals surface area contributed by atoms with Gasteiger partial charge in [0.25, 0.3) is 0 Å². The fraction of sp³-hybridized carbons (Fsp3) is 0.143. The van der Waals surface area contributed by atoms with Gasteiger partial charge in [-0.3, -0.25) is 0 Å². The zero-order chi connectivity index (χ0) is 15.5. The van der Waals surface area contributed by atoms with Gasteiger partial charge in [-0.25, -0.2) is 17.5 Å². The lowest BCUT2D eigenvalue weighted by Crippen LogP contribution is -2.31. The molecule has 0 aliphatic carbocycles. The lowest BCUT2D eigenvalue weighted by Gasteiger charge is -2.17. The molecule has 0 saturated carbocycles. The number of benzene rings is 2. The van der Waals surface area contributed by atoms with Crippen LogP contribution in [0.25, 0.3) is 0 Å². The molecule has 0 saturated heterocycles. The Balaban J connectivity index is 2.30. The molecule has 0 fully saturated rings. The number of sulfonamides is 1. The number of halogens is 2. The third-order valence-electron chi connectivity index (χ3n) is 2.88. The topological polar surface area (TPSA) is 66.4 Å². The Morgan fingerprint density at radius 2 is 1.76 bits per heavy atom. The molecule has 21 heavy (non-hydrogen) atoms. The Labute approximate surface area is 127 Å². The monoisotopic (exact) mass is 329 g/mol. The van der Waals surface area contributed by atoms with E-state index in [-0.39, 0.29) is 0 Å². The molecule has 0 aromatic heterocycles. The predicted molar refractivity (Wildman–Crippen MR) is 78.0 cm³/mol. The first-order valence-corrected chi connectivity index (χ1v) is 7.93. The lowest BCUT2D eigenvalue weighted by molar-refractivity contribution is 0.258. The van der Waals surface area contributed by atoms with Gasteiger partial charge in [-0.05, 0) is 29.8 Å². The molecule has 0 aliphatic heterocycles. The third kappa shape index (κ3) is 3.79. The minimum Gasteiger partial charge on any atom is -0.394 e. The van der Waals surface area contributed by atoms with Gasteiger partial charge in [0.1, 0.15) is 10.7 Å². The molecule has 0 bridgehead atoms. The van der Waals surface area contributed by atoms with E-state index in [0.717, 1.165) is 12.1 Å². The van der Waals surface area contributed by atoms with Crippen LogP contribution < -0.4 is 4.72 Å². The fourth-order valence-electron chi connectivity index (χ4n) is 1.82. The van der Waals surface area contributed by atoms with Gasteiger partial charge in [0.2, 0.25) is 10.0 Å². The highest BCUT2D eigenvalue weighted by molar-refractivity contribution is 7.89. The van der Waals surface area contributed by atoms with Crippen molar-refractivity contribution in [2.45, 2.75) is 10.9 Å². The van der Waals surface area contributed by atoms with E-state index < -0.39 is 33.4 Å². The van der Waals surface area contributed by atoms with Gasteiger partial charge in [-0.2, -0.15) is 0 Å². The van der Waals surface area contributed by atoms with Crippen molar-refractivity contribution in [2.24, 2.45) is 0 Å². The minimum absolute atomic E-state index is 0.461. The highest BCUT2D eigenvalue weighted by atomic mass is 35.5. The Morgan fingerprint density at radius 3 is 2.33 bits per heavy atom. The van der Waals surface area contributed by atoms with Crippen molar-refractivity contribution in [3.8, 4) is 0 Å². The normalized spacial score (nSPS) is 13.1. The van der Waals surface area contributed by atoms with Gasteiger partial charge in [0.05, 0.1) is 12.6 Å². The van der Waals surface area contributed by atoms with Crippen LogP contribution in [0.2, 0.25) is 5.02 Å². The number of hydrogen-bond donors (Lipinski definition) is 2. The maximum atomic E-state index is 13.6. The van der Waals surface area contributed by atoms with Crippen molar-refractivity contribution in [3.63, 3.8) is 0 Å². The van der Waals surface area contributed by atoms with Crippen molar-refractivity contribution in [1.82, 2.24) is 4.72 Å². The largest absolute Gasteiger partial charge is 0.394 e. The zero-order valence-electron chi connectivity index (χ0n) is 10.8. The Morgan fingerprint density at radius 1 is 1.14 bits per heavy atom. The minimum atomic E-state index is -4.08. The molecule has 4 nitrogen and oxygen atoms in total. The van der Waals surface area contributed by atoms with Crippen molar-refractivity contribution in [2.75, 3.05) is 6.61 Å². The molecule has 2 N–H and O–H groups in total. The molecular weight excluding hydrogens is 317 g/mol. The van der Waals surface area contributed by atoms with Crippen LogP contribution in [0.4, 0.5) is 4.39 Å². The number of aliphatic hydroxyl groups is 1. The van der Waals surface area contributed by atoms with E-state index in [1.54, 1.807) is 24.3 Å². The smallest absolute Gasteiger partial charge is 0.244 e. The van der Waals surface area contributed by atoms with E-state index in [2.05, 4.69) is 4.72 Å². The number of nitrogens with one attached hydrogen (secondary N) is 1. The van der Waals surface area contributed by atoms with Gasteiger partial charge >= 0.3 is 0 Å². The van der Waals surface area contributed by atoms with E-state index in [1.807, 2.05) is 0 Å². The molecule has 0 amide bonds. The summed E-state index contributed by atoms with van der Waals surface area (Å²) < 4.78 is 40.2. The van der Waals surface area contributed by atoms with E-state index in [0.29, 0.717) is 10.6 Å². The summed E-state index contributed by atoms with van der Waals surface area (Å²) >= 11 is 5.76. The second kappa shape index (κ2) is 6.53. The first-order chi connectivity index (χ1) is 9.94. The molecule has 2 rings (SSSR count). The van der Waals surface area contributed by atoms with E-state index in [1.165, 1.54) is 12.1 Å². The summed E-state index contributed by atoms with van der Waals surface area (Å²) in [6.07, 6.45) is 0. The lowest BCUT2D eigenvalue weighted by atomic mass is 10.1. The van der Waals surface area contributed by atoms with Crippen LogP contribution in [0.15, 0.2) is 53.4 Å². The summed E-state index contributed by atoms with van der Waals surface area (Å²) in [6, 6.07) is 10.5. The van der Waals surface area contributed by atoms with Crippen molar-refractivity contribution >= 4 is 21.6 Å². The maximum Gasteiger partial charge on any atom is 0.244 e. The number of aliphatic hydroxyl groups excluding tert-OH is 1. The van der Waals surface area contributed by atoms with Crippen LogP contribution >= 0.6 is 11.6 Å². The van der Waals surface area contributed by atoms with Crippen LogP contribution in [-0.2, 0) is 10.0 Å². The molecule has 2 aromatic rings. The van der Waals surface area contributed by atoms with E-state index >= 15 is 0 Å². The Bertz CT molecular complexity index is 719. The molecule has 1 atom stereocenters. The molecule has 2 aromatic carbocycles. The number of rotatable bonds is 5. The van der Waals surface area contributed by atoms with Crippen molar-refractivity contribution in [3.05, 3.63) is 64.9 Å². The number of hydrogen-bond acceptors (Lipinski definition) is 3. The quantitative estimate of drug-likeness (QED) is 0.885. The van der Waals surface area contributed by atoms with Crippen LogP contribution in [0, 0.1) is 5.82 Å². The second-order valence-corrected chi connectivity index (χ2v) is 6.46. The average Bonchev–Trinajstić information content (AvgIpc) is 2.46. The SMILES string of the molecule is O=S(=O)(NC(CO)c1ccc(Cl)cc1)c1ccccc1F. The molecular formula is C14H13ClFNO3S. The molecule has 0 spiro atoms. The Kier molecular flexibility index (Phi) is 4.95. The van der Waals surface area contributed by atoms with Gasteiger partial charge in [0.15, 0.2) is 0 Å². The van der Waals surface area contributed by atoms with Crippen molar-refractivity contribution in [1.29, 1.82) is 0 Å². The van der Waals surface area contributed by atoms with Gasteiger partial charge in [0, 0.05) is 5.02 Å². The predicted octanol–water partition coefficient (Wildman–Crippen LogP) is 2.49. The molecule has 7 heteroatoms. The molecule has 1 unspecified atom stereocenters. The van der Waals surface area contributed by atoms with Crippen molar-refractivity contribution < 1.29 is 17.9 Å².